The number of aliphatic carboxylic acids is 1. The van der Waals surface area contributed by atoms with Gasteiger partial charge in [0.1, 0.15) is 11.4 Å². The highest BCUT2D eigenvalue weighted by Gasteiger charge is 2.64. The maximum Gasteiger partial charge on any atom is 0.327 e. The van der Waals surface area contributed by atoms with Crippen molar-refractivity contribution in [1.82, 2.24) is 19.9 Å². The van der Waals surface area contributed by atoms with E-state index in [0.717, 1.165) is 11.3 Å². The Morgan fingerprint density at radius 1 is 1.32 bits per heavy atom. The molecule has 0 aliphatic carbocycles. The van der Waals surface area contributed by atoms with E-state index in [1.807, 2.05) is 44.2 Å². The Bertz CT molecular complexity index is 835. The molecule has 1 N–H and O–H groups in total. The lowest BCUT2D eigenvalue weighted by atomic mass is 9.96. The van der Waals surface area contributed by atoms with E-state index in [1.165, 1.54) is 16.7 Å². The van der Waals surface area contributed by atoms with Gasteiger partial charge in [0.15, 0.2) is 6.04 Å². The molecule has 0 spiro atoms. The molecule has 7 nitrogen and oxygen atoms in total. The van der Waals surface area contributed by atoms with Gasteiger partial charge >= 0.3 is 5.97 Å². The standard InChI is InChI=1S/C17H18N4O3S/c1-17(2)13(16(23)24)21-14(22)12(15(21)25-17)20-9-11(18-19-20)8-10-6-4-3-5-7-10/h3-7,9,12-13,15H,8H2,1-2H3,(H,23,24)/t12-,13+,15-/m1/s1. The summed E-state index contributed by atoms with van der Waals surface area (Å²) < 4.78 is 1.05. The van der Waals surface area contributed by atoms with E-state index in [9.17, 15) is 14.7 Å². The van der Waals surface area contributed by atoms with Gasteiger partial charge in [-0.1, -0.05) is 35.5 Å². The van der Waals surface area contributed by atoms with E-state index in [2.05, 4.69) is 10.3 Å². The average molecular weight is 358 g/mol. The Morgan fingerprint density at radius 2 is 2.04 bits per heavy atom. The number of aromatic nitrogens is 3. The highest BCUT2D eigenvalue weighted by Crippen LogP contribution is 2.54. The van der Waals surface area contributed by atoms with Crippen LogP contribution in [0, 0.1) is 0 Å². The normalized spacial score (nSPS) is 27.0. The fourth-order valence-electron chi connectivity index (χ4n) is 3.57. The van der Waals surface area contributed by atoms with Gasteiger partial charge in [-0.05, 0) is 19.4 Å². The first-order valence-corrected chi connectivity index (χ1v) is 8.94. The van der Waals surface area contributed by atoms with Gasteiger partial charge in [0.05, 0.1) is 5.69 Å². The summed E-state index contributed by atoms with van der Waals surface area (Å²) in [6, 6.07) is 8.64. The highest BCUT2D eigenvalue weighted by molar-refractivity contribution is 8.01. The van der Waals surface area contributed by atoms with Crippen molar-refractivity contribution in [3.05, 3.63) is 47.8 Å². The number of hydrogen-bond acceptors (Lipinski definition) is 5. The van der Waals surface area contributed by atoms with Crippen LogP contribution < -0.4 is 0 Å². The molecule has 1 aromatic carbocycles. The number of thioether (sulfide) groups is 1. The van der Waals surface area contributed by atoms with E-state index < -0.39 is 22.8 Å². The molecule has 0 radical (unpaired) electrons. The Morgan fingerprint density at radius 3 is 2.72 bits per heavy atom. The van der Waals surface area contributed by atoms with Crippen LogP contribution in [0.15, 0.2) is 36.5 Å². The Hall–Kier alpha value is -2.35. The summed E-state index contributed by atoms with van der Waals surface area (Å²) in [6.07, 6.45) is 2.43. The monoisotopic (exact) mass is 358 g/mol. The maximum absolute atomic E-state index is 12.6. The van der Waals surface area contributed by atoms with Crippen molar-refractivity contribution in [2.24, 2.45) is 0 Å². The minimum Gasteiger partial charge on any atom is -0.480 e. The molecule has 25 heavy (non-hydrogen) atoms. The molecule has 1 amide bonds. The largest absolute Gasteiger partial charge is 0.480 e. The van der Waals surface area contributed by atoms with Crippen molar-refractivity contribution >= 4 is 23.6 Å². The molecule has 2 fully saturated rings. The Labute approximate surface area is 149 Å². The van der Waals surface area contributed by atoms with E-state index >= 15 is 0 Å². The quantitative estimate of drug-likeness (QED) is 0.835. The van der Waals surface area contributed by atoms with Gasteiger partial charge in [-0.2, -0.15) is 0 Å². The van der Waals surface area contributed by atoms with E-state index in [-0.39, 0.29) is 11.3 Å². The SMILES string of the molecule is CC1(C)S[C@@H]2[C@H](n3cc(Cc4ccccc4)nn3)C(=O)N2[C@H]1C(=O)O. The third kappa shape index (κ3) is 2.52. The van der Waals surface area contributed by atoms with Gasteiger partial charge in [-0.3, -0.25) is 4.79 Å². The second-order valence-corrected chi connectivity index (χ2v) is 8.67. The maximum atomic E-state index is 12.6. The minimum atomic E-state index is -0.963. The van der Waals surface area contributed by atoms with Gasteiger partial charge in [0.25, 0.3) is 5.91 Å². The molecule has 0 bridgehead atoms. The minimum absolute atomic E-state index is 0.202. The summed E-state index contributed by atoms with van der Waals surface area (Å²) in [4.78, 5) is 25.6. The second-order valence-electron chi connectivity index (χ2n) is 6.90. The van der Waals surface area contributed by atoms with Gasteiger partial charge in [-0.15, -0.1) is 16.9 Å². The summed E-state index contributed by atoms with van der Waals surface area (Å²) in [5.74, 6) is -1.17. The number of fused-ring (bicyclic) bond motifs is 1. The van der Waals surface area contributed by atoms with Crippen LogP contribution in [-0.2, 0) is 16.0 Å². The molecule has 1 aromatic heterocycles. The van der Waals surface area contributed by atoms with Crippen LogP contribution in [0.4, 0.5) is 0 Å². The molecule has 4 rings (SSSR count). The number of nitrogens with zero attached hydrogens (tertiary/aromatic N) is 4. The summed E-state index contributed by atoms with van der Waals surface area (Å²) in [6.45, 7) is 3.72. The number of carbonyl (C=O) groups excluding carboxylic acids is 1. The highest BCUT2D eigenvalue weighted by atomic mass is 32.2. The first-order chi connectivity index (χ1) is 11.9. The number of carboxylic acid groups (broad SMARTS) is 1. The Balaban J connectivity index is 1.55. The van der Waals surface area contributed by atoms with E-state index in [4.69, 9.17) is 0 Å². The second kappa shape index (κ2) is 5.59. The number of rotatable bonds is 4. The number of carboxylic acids is 1. The Kier molecular flexibility index (Phi) is 3.61. The van der Waals surface area contributed by atoms with Crippen LogP contribution >= 0.6 is 11.8 Å². The molecule has 2 aliphatic rings. The first-order valence-electron chi connectivity index (χ1n) is 8.06. The van der Waals surface area contributed by atoms with Crippen molar-refractivity contribution in [2.75, 3.05) is 0 Å². The summed E-state index contributed by atoms with van der Waals surface area (Å²) >= 11 is 1.51. The van der Waals surface area contributed by atoms with Gasteiger partial charge in [-0.25, -0.2) is 9.48 Å². The fourth-order valence-corrected chi connectivity index (χ4v) is 5.25. The molecule has 130 valence electrons. The van der Waals surface area contributed by atoms with Crippen molar-refractivity contribution in [2.45, 2.75) is 42.5 Å². The molecule has 8 heteroatoms. The van der Waals surface area contributed by atoms with Crippen LogP contribution in [0.3, 0.4) is 0 Å². The lowest BCUT2D eigenvalue weighted by Crippen LogP contribution is -2.62. The number of benzene rings is 1. The number of carbonyl (C=O) groups is 2. The van der Waals surface area contributed by atoms with Gasteiger partial charge in [0.2, 0.25) is 0 Å². The van der Waals surface area contributed by atoms with Gasteiger partial charge < -0.3 is 10.0 Å². The van der Waals surface area contributed by atoms with Crippen LogP contribution in [0.25, 0.3) is 0 Å². The zero-order valence-corrected chi connectivity index (χ0v) is 14.7. The lowest BCUT2D eigenvalue weighted by molar-refractivity contribution is -0.162. The smallest absolute Gasteiger partial charge is 0.327 e. The predicted molar refractivity (Wildman–Crippen MR) is 92.0 cm³/mol. The van der Waals surface area contributed by atoms with Crippen molar-refractivity contribution < 1.29 is 14.7 Å². The number of amides is 1. The van der Waals surface area contributed by atoms with Crippen LogP contribution in [-0.4, -0.2) is 53.0 Å². The molecular weight excluding hydrogens is 340 g/mol. The number of hydrogen-bond donors (Lipinski definition) is 1. The molecule has 0 unspecified atom stereocenters. The van der Waals surface area contributed by atoms with Gasteiger partial charge in [0, 0.05) is 17.4 Å². The van der Waals surface area contributed by atoms with E-state index in [0.29, 0.717) is 6.42 Å². The average Bonchev–Trinajstić information content (AvgIpc) is 3.09. The molecule has 3 atom stereocenters. The van der Waals surface area contributed by atoms with Crippen molar-refractivity contribution in [1.29, 1.82) is 0 Å². The van der Waals surface area contributed by atoms with Crippen molar-refractivity contribution in [3.8, 4) is 0 Å². The third-order valence-electron chi connectivity index (χ3n) is 4.72. The first kappa shape index (κ1) is 16.1. The zero-order valence-electron chi connectivity index (χ0n) is 13.9. The topological polar surface area (TPSA) is 88.3 Å². The zero-order chi connectivity index (χ0) is 17.8. The third-order valence-corrected chi connectivity index (χ3v) is 6.27. The van der Waals surface area contributed by atoms with Crippen LogP contribution in [0.2, 0.25) is 0 Å². The summed E-state index contributed by atoms with van der Waals surface area (Å²) in [5.41, 5.74) is 1.91. The lowest BCUT2D eigenvalue weighted by Gasteiger charge is -2.42. The molecule has 0 saturated carbocycles. The van der Waals surface area contributed by atoms with Crippen molar-refractivity contribution in [3.63, 3.8) is 0 Å². The molecule has 2 saturated heterocycles. The molecule has 2 aromatic rings. The number of β-lactam (4-membered cyclic amide) rings is 1. The summed E-state index contributed by atoms with van der Waals surface area (Å²) in [7, 11) is 0. The molecule has 3 heterocycles. The van der Waals surface area contributed by atoms with Crippen LogP contribution in [0.1, 0.15) is 31.1 Å². The molecular formula is C17H18N4O3S. The fraction of sp³-hybridized carbons (Fsp3) is 0.412. The molecule has 2 aliphatic heterocycles. The predicted octanol–water partition coefficient (Wildman–Crippen LogP) is 1.56. The summed E-state index contributed by atoms with van der Waals surface area (Å²) in [5, 5.41) is 17.6. The van der Waals surface area contributed by atoms with Crippen LogP contribution in [0.5, 0.6) is 0 Å². The van der Waals surface area contributed by atoms with E-state index in [1.54, 1.807) is 10.9 Å².